The highest BCUT2D eigenvalue weighted by Gasteiger charge is 2.14. The van der Waals surface area contributed by atoms with E-state index < -0.39 is 0 Å². The highest BCUT2D eigenvalue weighted by atomic mass is 32.1. The molecule has 0 unspecified atom stereocenters. The van der Waals surface area contributed by atoms with E-state index in [9.17, 15) is 0 Å². The maximum absolute atomic E-state index is 5.79. The van der Waals surface area contributed by atoms with Crippen molar-refractivity contribution in [2.24, 2.45) is 0 Å². The molecule has 1 saturated heterocycles. The lowest BCUT2D eigenvalue weighted by Crippen LogP contribution is -2.40. The molecule has 2 aromatic carbocycles. The number of aryl methyl sites for hydroxylation is 2. The van der Waals surface area contributed by atoms with Crippen LogP contribution in [-0.2, 0) is 11.3 Å². The van der Waals surface area contributed by atoms with Gasteiger partial charge in [-0.15, -0.1) is 0 Å². The number of ether oxygens (including phenoxy) is 1. The number of benzene rings is 2. The van der Waals surface area contributed by atoms with Gasteiger partial charge in [0.05, 0.1) is 13.2 Å². The first kappa shape index (κ1) is 20.8. The molecule has 0 atom stereocenters. The Balaban J connectivity index is 1.64. The van der Waals surface area contributed by atoms with Gasteiger partial charge >= 0.3 is 0 Å². The minimum absolute atomic E-state index is 0.788. The Labute approximate surface area is 174 Å². The van der Waals surface area contributed by atoms with E-state index in [0.29, 0.717) is 0 Å². The molecule has 1 fully saturated rings. The number of hydrogen-bond donors (Lipinski definition) is 1. The maximum atomic E-state index is 5.79. The van der Waals surface area contributed by atoms with E-state index in [-0.39, 0.29) is 0 Å². The summed E-state index contributed by atoms with van der Waals surface area (Å²) in [6, 6.07) is 16.9. The molecular weight excluding hydrogens is 366 g/mol. The molecule has 4 nitrogen and oxygen atoms in total. The molecule has 150 valence electrons. The smallest absolute Gasteiger partial charge is 0.173 e. The number of nitrogens with zero attached hydrogens (tertiary/aromatic N) is 2. The Kier molecular flexibility index (Phi) is 7.83. The number of nitrogens with one attached hydrogen (secondary N) is 1. The van der Waals surface area contributed by atoms with Crippen LogP contribution in [0.25, 0.3) is 0 Å². The third kappa shape index (κ3) is 6.30. The summed E-state index contributed by atoms with van der Waals surface area (Å²) in [5, 5.41) is 4.22. The van der Waals surface area contributed by atoms with Crippen molar-refractivity contribution >= 4 is 23.0 Å². The Morgan fingerprint density at radius 2 is 1.89 bits per heavy atom. The Hall–Kier alpha value is -1.95. The molecule has 0 radical (unpaired) electrons. The number of hydrogen-bond acceptors (Lipinski definition) is 3. The van der Waals surface area contributed by atoms with Gasteiger partial charge in [-0.05, 0) is 61.3 Å². The third-order valence-corrected chi connectivity index (χ3v) is 5.55. The van der Waals surface area contributed by atoms with E-state index in [2.05, 4.69) is 77.5 Å². The van der Waals surface area contributed by atoms with E-state index in [1.54, 1.807) is 0 Å². The van der Waals surface area contributed by atoms with Crippen molar-refractivity contribution in [2.45, 2.75) is 26.8 Å². The van der Waals surface area contributed by atoms with Gasteiger partial charge in [-0.2, -0.15) is 0 Å². The predicted octanol–water partition coefficient (Wildman–Crippen LogP) is 4.22. The quantitative estimate of drug-likeness (QED) is 0.706. The second kappa shape index (κ2) is 10.6. The Morgan fingerprint density at radius 1 is 1.11 bits per heavy atom. The van der Waals surface area contributed by atoms with Gasteiger partial charge in [0.25, 0.3) is 0 Å². The lowest BCUT2D eigenvalue weighted by molar-refractivity contribution is 0.0368. The van der Waals surface area contributed by atoms with E-state index >= 15 is 0 Å². The standard InChI is InChI=1S/C23H31N3OS/c1-19-7-5-10-22(17-19)24-23(28)26(18-21-9-4-3-8-20(21)2)12-6-11-25-13-15-27-16-14-25/h3-5,7-10,17H,6,11-16,18H2,1-2H3,(H,24,28). The average Bonchev–Trinajstić information content (AvgIpc) is 2.69. The van der Waals surface area contributed by atoms with Crippen LogP contribution >= 0.6 is 12.2 Å². The molecule has 1 N–H and O–H groups in total. The summed E-state index contributed by atoms with van der Waals surface area (Å²) in [7, 11) is 0. The van der Waals surface area contributed by atoms with Crippen LogP contribution in [0.5, 0.6) is 0 Å². The van der Waals surface area contributed by atoms with E-state index in [1.165, 1.54) is 16.7 Å². The average molecular weight is 398 g/mol. The van der Waals surface area contributed by atoms with Crippen molar-refractivity contribution in [3.05, 3.63) is 65.2 Å². The number of morpholine rings is 1. The molecular formula is C23H31N3OS. The second-order valence-corrected chi connectivity index (χ2v) is 7.84. The van der Waals surface area contributed by atoms with Gasteiger partial charge in [-0.3, -0.25) is 4.90 Å². The molecule has 0 aromatic heterocycles. The highest BCUT2D eigenvalue weighted by Crippen LogP contribution is 2.15. The molecule has 3 rings (SSSR count). The summed E-state index contributed by atoms with van der Waals surface area (Å²) in [5.74, 6) is 0. The van der Waals surface area contributed by atoms with Crippen LogP contribution in [0.4, 0.5) is 5.69 Å². The lowest BCUT2D eigenvalue weighted by Gasteiger charge is -2.30. The topological polar surface area (TPSA) is 27.7 Å². The van der Waals surface area contributed by atoms with Crippen LogP contribution in [0.3, 0.4) is 0 Å². The largest absolute Gasteiger partial charge is 0.379 e. The van der Waals surface area contributed by atoms with Gasteiger partial charge in [-0.1, -0.05) is 36.4 Å². The van der Waals surface area contributed by atoms with Crippen LogP contribution in [0, 0.1) is 13.8 Å². The molecule has 0 amide bonds. The fraction of sp³-hybridized carbons (Fsp3) is 0.435. The summed E-state index contributed by atoms with van der Waals surface area (Å²) in [6.07, 6.45) is 1.08. The highest BCUT2D eigenvalue weighted by molar-refractivity contribution is 7.80. The van der Waals surface area contributed by atoms with Crippen molar-refractivity contribution in [1.29, 1.82) is 0 Å². The lowest BCUT2D eigenvalue weighted by atomic mass is 10.1. The van der Waals surface area contributed by atoms with Gasteiger partial charge in [0.15, 0.2) is 5.11 Å². The molecule has 1 aliphatic rings. The number of thiocarbonyl (C=S) groups is 1. The zero-order chi connectivity index (χ0) is 19.8. The minimum Gasteiger partial charge on any atom is -0.379 e. The van der Waals surface area contributed by atoms with Crippen molar-refractivity contribution in [2.75, 3.05) is 44.7 Å². The second-order valence-electron chi connectivity index (χ2n) is 7.46. The normalized spacial score (nSPS) is 14.6. The summed E-state index contributed by atoms with van der Waals surface area (Å²) in [5.41, 5.74) is 4.90. The number of anilines is 1. The van der Waals surface area contributed by atoms with Crippen molar-refractivity contribution in [1.82, 2.24) is 9.80 Å². The first-order valence-electron chi connectivity index (χ1n) is 10.1. The fourth-order valence-electron chi connectivity index (χ4n) is 3.48. The van der Waals surface area contributed by atoms with Crippen LogP contribution in [0.1, 0.15) is 23.1 Å². The molecule has 0 spiro atoms. The first-order valence-corrected chi connectivity index (χ1v) is 10.5. The van der Waals surface area contributed by atoms with Gasteiger partial charge in [0.2, 0.25) is 0 Å². The third-order valence-electron chi connectivity index (χ3n) is 5.19. The Morgan fingerprint density at radius 3 is 2.64 bits per heavy atom. The van der Waals surface area contributed by atoms with Crippen molar-refractivity contribution < 1.29 is 4.74 Å². The van der Waals surface area contributed by atoms with Crippen LogP contribution < -0.4 is 5.32 Å². The van der Waals surface area contributed by atoms with E-state index in [1.807, 2.05) is 0 Å². The maximum Gasteiger partial charge on any atom is 0.173 e. The molecule has 1 heterocycles. The van der Waals surface area contributed by atoms with E-state index in [4.69, 9.17) is 17.0 Å². The van der Waals surface area contributed by atoms with Gasteiger partial charge in [-0.25, -0.2) is 0 Å². The first-order chi connectivity index (χ1) is 13.6. The van der Waals surface area contributed by atoms with Crippen LogP contribution in [0.2, 0.25) is 0 Å². The minimum atomic E-state index is 0.788. The van der Waals surface area contributed by atoms with Crippen LogP contribution in [-0.4, -0.2) is 54.3 Å². The summed E-state index contributed by atoms with van der Waals surface area (Å²) in [6.45, 7) is 10.9. The fourth-order valence-corrected chi connectivity index (χ4v) is 3.75. The molecule has 0 aliphatic carbocycles. The molecule has 2 aromatic rings. The zero-order valence-electron chi connectivity index (χ0n) is 17.0. The molecule has 1 aliphatic heterocycles. The van der Waals surface area contributed by atoms with Gasteiger partial charge in [0, 0.05) is 38.4 Å². The monoisotopic (exact) mass is 397 g/mol. The van der Waals surface area contributed by atoms with Crippen molar-refractivity contribution in [3.63, 3.8) is 0 Å². The zero-order valence-corrected chi connectivity index (χ0v) is 17.8. The molecule has 0 saturated carbocycles. The Bertz CT molecular complexity index is 774. The van der Waals surface area contributed by atoms with Crippen LogP contribution in [0.15, 0.2) is 48.5 Å². The van der Waals surface area contributed by atoms with Crippen molar-refractivity contribution in [3.8, 4) is 0 Å². The van der Waals surface area contributed by atoms with E-state index in [0.717, 1.165) is 63.2 Å². The summed E-state index contributed by atoms with van der Waals surface area (Å²) < 4.78 is 5.45. The number of rotatable bonds is 7. The molecule has 5 heteroatoms. The molecule has 28 heavy (non-hydrogen) atoms. The molecule has 0 bridgehead atoms. The van der Waals surface area contributed by atoms with Gasteiger partial charge in [0.1, 0.15) is 0 Å². The summed E-state index contributed by atoms with van der Waals surface area (Å²) in [4.78, 5) is 4.77. The van der Waals surface area contributed by atoms with Gasteiger partial charge < -0.3 is 15.0 Å². The SMILES string of the molecule is Cc1cccc(NC(=S)N(CCCN2CCOCC2)Cc2ccccc2C)c1. The predicted molar refractivity (Wildman–Crippen MR) is 121 cm³/mol. The summed E-state index contributed by atoms with van der Waals surface area (Å²) >= 11 is 5.79.